The van der Waals surface area contributed by atoms with Crippen LogP contribution in [0.4, 0.5) is 10.2 Å². The molecule has 0 atom stereocenters. The molecule has 3 rings (SSSR count). The molecule has 1 fully saturated rings. The van der Waals surface area contributed by atoms with Gasteiger partial charge < -0.3 is 9.88 Å². The van der Waals surface area contributed by atoms with Gasteiger partial charge in [-0.25, -0.2) is 9.38 Å². The van der Waals surface area contributed by atoms with Crippen LogP contribution >= 0.6 is 0 Å². The number of rotatable bonds is 4. The van der Waals surface area contributed by atoms with Crippen LogP contribution in [-0.2, 0) is 11.3 Å². The highest BCUT2D eigenvalue weighted by atomic mass is 19.1. The van der Waals surface area contributed by atoms with Crippen LogP contribution in [0.25, 0.3) is 11.3 Å². The summed E-state index contributed by atoms with van der Waals surface area (Å²) in [5.41, 5.74) is 2.97. The first-order chi connectivity index (χ1) is 12.1. The molecule has 132 valence electrons. The summed E-state index contributed by atoms with van der Waals surface area (Å²) in [6.07, 6.45) is 1.76. The number of hydrogen-bond donors (Lipinski definition) is 1. The van der Waals surface area contributed by atoms with Crippen molar-refractivity contribution in [2.45, 2.75) is 20.4 Å². The number of aliphatic imine (C=N–C) groups is 1. The van der Waals surface area contributed by atoms with E-state index in [9.17, 15) is 9.18 Å². The number of halogens is 1. The van der Waals surface area contributed by atoms with Gasteiger partial charge in [0.25, 0.3) is 0 Å². The van der Waals surface area contributed by atoms with Crippen LogP contribution in [-0.4, -0.2) is 53.1 Å². The Balaban J connectivity index is 1.76. The molecule has 0 unspecified atom stereocenters. The highest BCUT2D eigenvalue weighted by molar-refractivity contribution is 5.73. The van der Waals surface area contributed by atoms with E-state index in [0.717, 1.165) is 55.4 Å². The number of hydrogen-bond acceptors (Lipinski definition) is 3. The first kappa shape index (κ1) is 17.4. The second kappa shape index (κ2) is 7.61. The summed E-state index contributed by atoms with van der Waals surface area (Å²) in [7, 11) is 0. The van der Waals surface area contributed by atoms with Crippen LogP contribution in [0.1, 0.15) is 19.4 Å². The second-order valence-corrected chi connectivity index (χ2v) is 6.23. The van der Waals surface area contributed by atoms with E-state index < -0.39 is 0 Å². The van der Waals surface area contributed by atoms with Crippen LogP contribution in [0.2, 0.25) is 0 Å². The van der Waals surface area contributed by atoms with Crippen LogP contribution in [0, 0.1) is 5.82 Å². The lowest BCUT2D eigenvalue weighted by molar-refractivity contribution is -0.130. The molecule has 0 spiro atoms. The molecule has 1 aliphatic rings. The van der Waals surface area contributed by atoms with Gasteiger partial charge in [-0.15, -0.1) is 0 Å². The van der Waals surface area contributed by atoms with Crippen LogP contribution < -0.4 is 0 Å². The fourth-order valence-electron chi connectivity index (χ4n) is 3.10. The molecule has 1 aromatic heterocycles. The Morgan fingerprint density at radius 1 is 1.24 bits per heavy atom. The topological polar surface area (TPSA) is 51.7 Å². The van der Waals surface area contributed by atoms with Crippen LogP contribution in [0.5, 0.6) is 0 Å². The highest BCUT2D eigenvalue weighted by Crippen LogP contribution is 2.28. The van der Waals surface area contributed by atoms with Gasteiger partial charge in [-0.2, -0.15) is 0 Å². The molecule has 0 bridgehead atoms. The van der Waals surface area contributed by atoms with Gasteiger partial charge in [0.1, 0.15) is 11.6 Å². The normalized spacial score (nSPS) is 15.9. The van der Waals surface area contributed by atoms with Crippen molar-refractivity contribution in [1.82, 2.24) is 14.8 Å². The number of benzene rings is 1. The lowest BCUT2D eigenvalue weighted by Gasteiger charge is -2.34. The zero-order valence-corrected chi connectivity index (χ0v) is 14.6. The summed E-state index contributed by atoms with van der Waals surface area (Å²) >= 11 is 0. The molecule has 2 aromatic rings. The molecule has 5 nitrogen and oxygen atoms in total. The Kier molecular flexibility index (Phi) is 5.28. The van der Waals surface area contributed by atoms with Crippen molar-refractivity contribution in [2.24, 2.45) is 4.99 Å². The van der Waals surface area contributed by atoms with Gasteiger partial charge in [-0.05, 0) is 42.8 Å². The van der Waals surface area contributed by atoms with Crippen molar-refractivity contribution in [1.29, 1.82) is 0 Å². The van der Waals surface area contributed by atoms with Gasteiger partial charge >= 0.3 is 0 Å². The first-order valence-electron chi connectivity index (χ1n) is 8.51. The Hall–Kier alpha value is -2.47. The number of carbonyl (C=O) groups is 1. The fourth-order valence-corrected chi connectivity index (χ4v) is 3.10. The molecule has 1 aliphatic heterocycles. The van der Waals surface area contributed by atoms with Crippen molar-refractivity contribution in [3.63, 3.8) is 0 Å². The minimum Gasteiger partial charge on any atom is -0.340 e. The van der Waals surface area contributed by atoms with E-state index in [4.69, 9.17) is 0 Å². The van der Waals surface area contributed by atoms with E-state index in [1.807, 2.05) is 11.8 Å². The van der Waals surface area contributed by atoms with E-state index in [1.54, 1.807) is 25.3 Å². The van der Waals surface area contributed by atoms with Gasteiger partial charge in [0.15, 0.2) is 0 Å². The maximum absolute atomic E-state index is 13.1. The molecule has 6 heteroatoms. The van der Waals surface area contributed by atoms with E-state index in [2.05, 4.69) is 20.9 Å². The summed E-state index contributed by atoms with van der Waals surface area (Å²) in [4.78, 5) is 23.4. The lowest BCUT2D eigenvalue weighted by Crippen LogP contribution is -2.47. The van der Waals surface area contributed by atoms with Crippen molar-refractivity contribution < 1.29 is 9.18 Å². The Morgan fingerprint density at radius 2 is 1.92 bits per heavy atom. The third-order valence-electron chi connectivity index (χ3n) is 4.50. The fraction of sp³-hybridized carbons (Fsp3) is 0.368. The van der Waals surface area contributed by atoms with Gasteiger partial charge in [-0.3, -0.25) is 9.69 Å². The molecule has 0 saturated carbocycles. The van der Waals surface area contributed by atoms with Gasteiger partial charge in [-0.1, -0.05) is 0 Å². The van der Waals surface area contributed by atoms with Crippen molar-refractivity contribution >= 4 is 17.9 Å². The zero-order valence-electron chi connectivity index (χ0n) is 14.6. The van der Waals surface area contributed by atoms with E-state index >= 15 is 0 Å². The minimum absolute atomic E-state index is 0.135. The number of amides is 1. The molecular weight excluding hydrogens is 319 g/mol. The molecule has 1 saturated heterocycles. The number of piperazine rings is 1. The standard InChI is InChI=1S/C19H23FN4O/c1-3-21-19-16(13-23-8-10-24(11-9-23)14(2)25)12-18(22-19)15-4-6-17(20)7-5-15/h3-7,12,22H,8-11,13H2,1-2H3/b21-3-. The molecule has 25 heavy (non-hydrogen) atoms. The number of aromatic amines is 1. The minimum atomic E-state index is -0.245. The third kappa shape index (κ3) is 4.14. The molecule has 2 heterocycles. The van der Waals surface area contributed by atoms with E-state index in [-0.39, 0.29) is 11.7 Å². The van der Waals surface area contributed by atoms with E-state index in [1.165, 1.54) is 12.1 Å². The van der Waals surface area contributed by atoms with Crippen LogP contribution in [0.3, 0.4) is 0 Å². The number of nitrogens with zero attached hydrogens (tertiary/aromatic N) is 3. The quantitative estimate of drug-likeness (QED) is 0.868. The number of aromatic nitrogens is 1. The average molecular weight is 342 g/mol. The largest absolute Gasteiger partial charge is 0.340 e. The van der Waals surface area contributed by atoms with Crippen molar-refractivity contribution in [3.8, 4) is 11.3 Å². The maximum atomic E-state index is 13.1. The summed E-state index contributed by atoms with van der Waals surface area (Å²) in [6, 6.07) is 8.51. The molecule has 1 aromatic carbocycles. The average Bonchev–Trinajstić information content (AvgIpc) is 2.99. The van der Waals surface area contributed by atoms with Crippen LogP contribution in [0.15, 0.2) is 35.3 Å². The Labute approximate surface area is 147 Å². The summed E-state index contributed by atoms with van der Waals surface area (Å²) in [6.45, 7) is 7.50. The molecule has 1 N–H and O–H groups in total. The monoisotopic (exact) mass is 342 g/mol. The predicted molar refractivity (Wildman–Crippen MR) is 97.5 cm³/mol. The summed E-state index contributed by atoms with van der Waals surface area (Å²) < 4.78 is 13.1. The van der Waals surface area contributed by atoms with Gasteiger partial charge in [0.2, 0.25) is 5.91 Å². The van der Waals surface area contributed by atoms with Crippen molar-refractivity contribution in [2.75, 3.05) is 26.2 Å². The molecular formula is C19H23FN4O. The number of H-pyrrole nitrogens is 1. The van der Waals surface area contributed by atoms with E-state index in [0.29, 0.717) is 0 Å². The molecule has 0 aliphatic carbocycles. The number of carbonyl (C=O) groups excluding carboxylic acids is 1. The van der Waals surface area contributed by atoms with Gasteiger partial charge in [0, 0.05) is 57.1 Å². The maximum Gasteiger partial charge on any atom is 0.219 e. The predicted octanol–water partition coefficient (Wildman–Crippen LogP) is 3.21. The SMILES string of the molecule is C/C=N\c1[nH]c(-c2ccc(F)cc2)cc1CN1CCN(C(C)=O)CC1. The summed E-state index contributed by atoms with van der Waals surface area (Å²) in [5.74, 6) is 0.720. The Morgan fingerprint density at radius 3 is 2.52 bits per heavy atom. The first-order valence-corrected chi connectivity index (χ1v) is 8.51. The smallest absolute Gasteiger partial charge is 0.219 e. The number of nitrogens with one attached hydrogen (secondary N) is 1. The third-order valence-corrected chi connectivity index (χ3v) is 4.50. The second-order valence-electron chi connectivity index (χ2n) is 6.23. The molecule has 0 radical (unpaired) electrons. The van der Waals surface area contributed by atoms with Gasteiger partial charge in [0.05, 0.1) is 0 Å². The Bertz CT molecular complexity index is 758. The summed E-state index contributed by atoms with van der Waals surface area (Å²) in [5, 5.41) is 0. The molecule has 1 amide bonds. The zero-order chi connectivity index (χ0) is 17.8. The van der Waals surface area contributed by atoms with Crippen molar-refractivity contribution in [3.05, 3.63) is 41.7 Å². The lowest BCUT2D eigenvalue weighted by atomic mass is 10.1. The highest BCUT2D eigenvalue weighted by Gasteiger charge is 2.20.